The molecule has 6 heteroatoms. The number of amides is 2. The summed E-state index contributed by atoms with van der Waals surface area (Å²) < 4.78 is 0. The van der Waals surface area contributed by atoms with Crippen molar-refractivity contribution in [3.8, 4) is 12.3 Å². The molecule has 1 rings (SSSR count). The third kappa shape index (κ3) is 6.09. The quantitative estimate of drug-likeness (QED) is 0.488. The van der Waals surface area contributed by atoms with Crippen LogP contribution in [0.15, 0.2) is 30.3 Å². The molecular formula is C16H18N2O4. The maximum Gasteiger partial charge on any atom is 0.326 e. The summed E-state index contributed by atoms with van der Waals surface area (Å²) >= 11 is 0. The van der Waals surface area contributed by atoms with Gasteiger partial charge in [-0.1, -0.05) is 18.2 Å². The van der Waals surface area contributed by atoms with Crippen molar-refractivity contribution in [2.75, 3.05) is 6.54 Å². The summed E-state index contributed by atoms with van der Waals surface area (Å²) in [6.07, 6.45) is 6.30. The lowest BCUT2D eigenvalue weighted by Gasteiger charge is -2.14. The lowest BCUT2D eigenvalue weighted by molar-refractivity contribution is -0.141. The second-order valence-electron chi connectivity index (χ2n) is 4.60. The van der Waals surface area contributed by atoms with E-state index in [4.69, 9.17) is 11.5 Å². The molecule has 116 valence electrons. The number of benzene rings is 1. The molecule has 0 aliphatic carbocycles. The number of rotatable bonds is 8. The number of carbonyl (C=O) groups is 3. The molecule has 2 amide bonds. The van der Waals surface area contributed by atoms with E-state index >= 15 is 0 Å². The van der Waals surface area contributed by atoms with E-state index in [1.54, 1.807) is 30.3 Å². The Labute approximate surface area is 128 Å². The first-order valence-corrected chi connectivity index (χ1v) is 6.83. The van der Waals surface area contributed by atoms with Gasteiger partial charge in [-0.3, -0.25) is 9.59 Å². The molecule has 6 nitrogen and oxygen atoms in total. The molecule has 0 radical (unpaired) electrons. The normalized spacial score (nSPS) is 11.0. The number of hydrogen-bond acceptors (Lipinski definition) is 3. The number of aliphatic carboxylic acids is 1. The first kappa shape index (κ1) is 17.2. The van der Waals surface area contributed by atoms with Crippen molar-refractivity contribution in [1.82, 2.24) is 10.6 Å². The van der Waals surface area contributed by atoms with Crippen LogP contribution in [0.3, 0.4) is 0 Å². The molecule has 0 bridgehead atoms. The van der Waals surface area contributed by atoms with Gasteiger partial charge in [0.15, 0.2) is 0 Å². The lowest BCUT2D eigenvalue weighted by Crippen LogP contribution is -2.45. The Morgan fingerprint density at radius 2 is 1.91 bits per heavy atom. The number of carboxylic acid groups (broad SMARTS) is 1. The van der Waals surface area contributed by atoms with Crippen molar-refractivity contribution in [3.05, 3.63) is 35.9 Å². The molecule has 1 aromatic carbocycles. The fourth-order valence-corrected chi connectivity index (χ4v) is 1.76. The fraction of sp³-hybridized carbons (Fsp3) is 0.312. The summed E-state index contributed by atoms with van der Waals surface area (Å²) in [5.74, 6) is 0.334. The maximum absolute atomic E-state index is 11.8. The number of carboxylic acids is 1. The molecule has 22 heavy (non-hydrogen) atoms. The van der Waals surface area contributed by atoms with Crippen LogP contribution in [0.25, 0.3) is 0 Å². The molecule has 1 atom stereocenters. The number of hydrogen-bond donors (Lipinski definition) is 3. The van der Waals surface area contributed by atoms with Crippen LogP contribution in [0.1, 0.15) is 29.6 Å². The second kappa shape index (κ2) is 9.19. The molecule has 0 aliphatic rings. The van der Waals surface area contributed by atoms with Crippen LogP contribution < -0.4 is 10.6 Å². The van der Waals surface area contributed by atoms with Gasteiger partial charge in [-0.15, -0.1) is 12.3 Å². The Morgan fingerprint density at radius 1 is 1.23 bits per heavy atom. The van der Waals surface area contributed by atoms with Crippen LogP contribution in [0.4, 0.5) is 0 Å². The Kier molecular flexibility index (Phi) is 7.20. The topological polar surface area (TPSA) is 95.5 Å². The van der Waals surface area contributed by atoms with Gasteiger partial charge in [-0.05, 0) is 25.0 Å². The first-order valence-electron chi connectivity index (χ1n) is 6.83. The van der Waals surface area contributed by atoms with Crippen LogP contribution in [0, 0.1) is 12.3 Å². The molecule has 0 heterocycles. The Balaban J connectivity index is 2.42. The first-order chi connectivity index (χ1) is 10.5. The Bertz CT molecular complexity index is 563. The predicted molar refractivity (Wildman–Crippen MR) is 81.0 cm³/mol. The summed E-state index contributed by atoms with van der Waals surface area (Å²) in [7, 11) is 0. The monoisotopic (exact) mass is 302 g/mol. The van der Waals surface area contributed by atoms with Crippen LogP contribution in [-0.4, -0.2) is 35.5 Å². The van der Waals surface area contributed by atoms with Crippen molar-refractivity contribution in [1.29, 1.82) is 0 Å². The van der Waals surface area contributed by atoms with Gasteiger partial charge in [-0.2, -0.15) is 0 Å². The van der Waals surface area contributed by atoms with E-state index in [-0.39, 0.29) is 13.0 Å². The fourth-order valence-electron chi connectivity index (χ4n) is 1.76. The highest BCUT2D eigenvalue weighted by Crippen LogP contribution is 2.01. The largest absolute Gasteiger partial charge is 0.480 e. The predicted octanol–water partition coefficient (Wildman–Crippen LogP) is 0.789. The molecule has 0 aliphatic heterocycles. The lowest BCUT2D eigenvalue weighted by atomic mass is 10.1. The van der Waals surface area contributed by atoms with Crippen molar-refractivity contribution >= 4 is 17.8 Å². The molecular weight excluding hydrogens is 284 g/mol. The summed E-state index contributed by atoms with van der Waals surface area (Å²) in [4.78, 5) is 34.5. The van der Waals surface area contributed by atoms with Crippen molar-refractivity contribution in [2.45, 2.75) is 25.3 Å². The van der Waals surface area contributed by atoms with Crippen molar-refractivity contribution in [2.24, 2.45) is 0 Å². The van der Waals surface area contributed by atoms with Gasteiger partial charge in [0.2, 0.25) is 5.91 Å². The van der Waals surface area contributed by atoms with Crippen molar-refractivity contribution < 1.29 is 19.5 Å². The minimum atomic E-state index is -1.13. The van der Waals surface area contributed by atoms with Gasteiger partial charge in [0.1, 0.15) is 6.04 Å². The van der Waals surface area contributed by atoms with Gasteiger partial charge < -0.3 is 15.7 Å². The van der Waals surface area contributed by atoms with E-state index in [0.717, 1.165) is 0 Å². The van der Waals surface area contributed by atoms with E-state index in [2.05, 4.69) is 16.6 Å². The van der Waals surface area contributed by atoms with Crippen molar-refractivity contribution in [3.63, 3.8) is 0 Å². The zero-order chi connectivity index (χ0) is 16.4. The van der Waals surface area contributed by atoms with Gasteiger partial charge in [0.05, 0.1) is 6.54 Å². The Hall–Kier alpha value is -2.81. The summed E-state index contributed by atoms with van der Waals surface area (Å²) in [5.41, 5.74) is 0.430. The molecule has 0 saturated heterocycles. The van der Waals surface area contributed by atoms with Crippen LogP contribution in [-0.2, 0) is 9.59 Å². The molecule has 0 aromatic heterocycles. The number of unbranched alkanes of at least 4 members (excludes halogenated alkanes) is 1. The van der Waals surface area contributed by atoms with Crippen LogP contribution >= 0.6 is 0 Å². The highest BCUT2D eigenvalue weighted by Gasteiger charge is 2.19. The molecule has 0 saturated carbocycles. The standard InChI is InChI=1S/C16H18N2O4/c1-2-3-5-10-13(16(21)22)18-14(19)11-17-15(20)12-8-6-4-7-9-12/h1,4,6-9,13H,3,5,10-11H2,(H,17,20)(H,18,19)(H,21,22)/t13-/m1/s1. The molecule has 0 spiro atoms. The zero-order valence-corrected chi connectivity index (χ0v) is 12.0. The maximum atomic E-state index is 11.8. The third-order valence-electron chi connectivity index (χ3n) is 2.89. The smallest absolute Gasteiger partial charge is 0.326 e. The minimum absolute atomic E-state index is 0.248. The van der Waals surface area contributed by atoms with Gasteiger partial charge in [-0.25, -0.2) is 4.79 Å². The molecule has 0 fully saturated rings. The minimum Gasteiger partial charge on any atom is -0.480 e. The van der Waals surface area contributed by atoms with E-state index in [9.17, 15) is 14.4 Å². The number of terminal acetylenes is 1. The number of carbonyl (C=O) groups excluding carboxylic acids is 2. The average molecular weight is 302 g/mol. The van der Waals surface area contributed by atoms with E-state index in [1.165, 1.54) is 0 Å². The molecule has 1 aromatic rings. The van der Waals surface area contributed by atoms with E-state index < -0.39 is 23.8 Å². The molecule has 3 N–H and O–H groups in total. The van der Waals surface area contributed by atoms with Crippen LogP contribution in [0.5, 0.6) is 0 Å². The van der Waals surface area contributed by atoms with Gasteiger partial charge >= 0.3 is 5.97 Å². The second-order valence-corrected chi connectivity index (χ2v) is 4.60. The molecule has 0 unspecified atom stereocenters. The highest BCUT2D eigenvalue weighted by atomic mass is 16.4. The Morgan fingerprint density at radius 3 is 2.50 bits per heavy atom. The van der Waals surface area contributed by atoms with E-state index in [0.29, 0.717) is 18.4 Å². The number of nitrogens with one attached hydrogen (secondary N) is 2. The summed E-state index contributed by atoms with van der Waals surface area (Å²) in [6, 6.07) is 7.42. The average Bonchev–Trinajstić information content (AvgIpc) is 2.52. The summed E-state index contributed by atoms with van der Waals surface area (Å²) in [5, 5.41) is 13.8. The van der Waals surface area contributed by atoms with Gasteiger partial charge in [0.25, 0.3) is 5.91 Å². The van der Waals surface area contributed by atoms with Crippen LogP contribution in [0.2, 0.25) is 0 Å². The zero-order valence-electron chi connectivity index (χ0n) is 12.0. The van der Waals surface area contributed by atoms with Gasteiger partial charge in [0, 0.05) is 12.0 Å². The van der Waals surface area contributed by atoms with E-state index in [1.807, 2.05) is 0 Å². The summed E-state index contributed by atoms with van der Waals surface area (Å²) in [6.45, 7) is -0.285. The third-order valence-corrected chi connectivity index (χ3v) is 2.89. The highest BCUT2D eigenvalue weighted by molar-refractivity contribution is 5.96. The SMILES string of the molecule is C#CCCC[C@@H](NC(=O)CNC(=O)c1ccccc1)C(=O)O.